The van der Waals surface area contributed by atoms with Gasteiger partial charge in [0, 0.05) is 49.9 Å². The quantitative estimate of drug-likeness (QED) is 0.868. The third-order valence-corrected chi connectivity index (χ3v) is 6.44. The fraction of sp³-hybridized carbons (Fsp3) is 0.417. The van der Waals surface area contributed by atoms with E-state index in [2.05, 4.69) is 36.5 Å². The molecule has 2 heterocycles. The number of hydrogen-bond donors (Lipinski definition) is 1. The lowest BCUT2D eigenvalue weighted by Crippen LogP contribution is -2.45. The Balaban J connectivity index is 1.53. The highest BCUT2D eigenvalue weighted by atomic mass is 16.5. The van der Waals surface area contributed by atoms with Crippen LogP contribution in [-0.4, -0.2) is 38.6 Å². The maximum Gasteiger partial charge on any atom is 0.251 e. The Morgan fingerprint density at radius 2 is 1.90 bits per heavy atom. The van der Waals surface area contributed by atoms with Crippen LogP contribution in [0.2, 0.25) is 0 Å². The lowest BCUT2D eigenvalue weighted by atomic mass is 9.72. The second-order valence-electron chi connectivity index (χ2n) is 8.19. The number of carbonyl (C=O) groups excluding carboxylic acids is 2. The first kappa shape index (κ1) is 19.6. The number of nitrogens with zero attached hydrogens (tertiary/aromatic N) is 1. The SMILES string of the molecule is Cc1ccccc1C1(CNC(=O)c2ccc3c(c2)CCC(=O)N3C)CCOCC1. The molecule has 1 fully saturated rings. The third kappa shape index (κ3) is 3.79. The van der Waals surface area contributed by atoms with E-state index < -0.39 is 0 Å². The van der Waals surface area contributed by atoms with Crippen molar-refractivity contribution in [1.29, 1.82) is 0 Å². The van der Waals surface area contributed by atoms with Crippen LogP contribution in [0.15, 0.2) is 42.5 Å². The van der Waals surface area contributed by atoms with E-state index in [1.807, 2.05) is 18.2 Å². The first-order chi connectivity index (χ1) is 14.0. The highest BCUT2D eigenvalue weighted by Crippen LogP contribution is 2.36. The summed E-state index contributed by atoms with van der Waals surface area (Å²) in [6.07, 6.45) is 2.97. The van der Waals surface area contributed by atoms with Crippen molar-refractivity contribution in [2.75, 3.05) is 31.7 Å². The fourth-order valence-electron chi connectivity index (χ4n) is 4.62. The van der Waals surface area contributed by atoms with Gasteiger partial charge in [-0.05, 0) is 61.1 Å². The molecule has 1 N–H and O–H groups in total. The summed E-state index contributed by atoms with van der Waals surface area (Å²) in [6.45, 7) is 4.15. The minimum absolute atomic E-state index is 0.0631. The average Bonchev–Trinajstić information content (AvgIpc) is 2.75. The Morgan fingerprint density at radius 3 is 2.66 bits per heavy atom. The topological polar surface area (TPSA) is 58.6 Å². The van der Waals surface area contributed by atoms with Crippen LogP contribution in [0, 0.1) is 6.92 Å². The molecule has 0 atom stereocenters. The van der Waals surface area contributed by atoms with Gasteiger partial charge in [-0.15, -0.1) is 0 Å². The molecule has 5 heteroatoms. The van der Waals surface area contributed by atoms with Gasteiger partial charge in [-0.1, -0.05) is 24.3 Å². The normalized spacial score (nSPS) is 18.3. The largest absolute Gasteiger partial charge is 0.381 e. The van der Waals surface area contributed by atoms with E-state index in [0.717, 1.165) is 24.1 Å². The van der Waals surface area contributed by atoms with Gasteiger partial charge < -0.3 is 15.0 Å². The van der Waals surface area contributed by atoms with Gasteiger partial charge in [-0.2, -0.15) is 0 Å². The predicted molar refractivity (Wildman–Crippen MR) is 113 cm³/mol. The van der Waals surface area contributed by atoms with Crippen molar-refractivity contribution in [2.45, 2.75) is 38.0 Å². The maximum atomic E-state index is 13.0. The molecule has 0 radical (unpaired) electrons. The van der Waals surface area contributed by atoms with Crippen LogP contribution >= 0.6 is 0 Å². The van der Waals surface area contributed by atoms with Gasteiger partial charge in [0.2, 0.25) is 5.91 Å². The average molecular weight is 392 g/mol. The van der Waals surface area contributed by atoms with E-state index in [0.29, 0.717) is 38.2 Å². The summed E-state index contributed by atoms with van der Waals surface area (Å²) in [5.41, 5.74) is 5.07. The molecular weight excluding hydrogens is 364 g/mol. The van der Waals surface area contributed by atoms with E-state index in [4.69, 9.17) is 4.74 Å². The molecule has 0 unspecified atom stereocenters. The first-order valence-corrected chi connectivity index (χ1v) is 10.3. The summed E-state index contributed by atoms with van der Waals surface area (Å²) < 4.78 is 5.61. The Kier molecular flexibility index (Phi) is 5.41. The van der Waals surface area contributed by atoms with Crippen LogP contribution < -0.4 is 10.2 Å². The monoisotopic (exact) mass is 392 g/mol. The van der Waals surface area contributed by atoms with Gasteiger partial charge in [-0.25, -0.2) is 0 Å². The minimum Gasteiger partial charge on any atom is -0.381 e. The standard InChI is InChI=1S/C24H28N2O3/c1-17-5-3-4-6-20(17)24(11-13-29-14-12-24)16-25-23(28)19-7-9-21-18(15-19)8-10-22(27)26(21)2/h3-7,9,15H,8,10-14,16H2,1-2H3,(H,25,28). The first-order valence-electron chi connectivity index (χ1n) is 10.3. The molecule has 1 saturated heterocycles. The molecule has 2 aliphatic rings. The summed E-state index contributed by atoms with van der Waals surface area (Å²) in [5.74, 6) is 0.0567. The molecule has 29 heavy (non-hydrogen) atoms. The van der Waals surface area contributed by atoms with E-state index in [9.17, 15) is 9.59 Å². The van der Waals surface area contributed by atoms with E-state index >= 15 is 0 Å². The number of rotatable bonds is 4. The summed E-state index contributed by atoms with van der Waals surface area (Å²) >= 11 is 0. The molecular formula is C24H28N2O3. The minimum atomic E-state index is -0.0971. The lowest BCUT2D eigenvalue weighted by Gasteiger charge is -2.39. The number of carbonyl (C=O) groups is 2. The zero-order chi connectivity index (χ0) is 20.4. The highest BCUT2D eigenvalue weighted by Gasteiger charge is 2.36. The van der Waals surface area contributed by atoms with Gasteiger partial charge in [0.15, 0.2) is 0 Å². The molecule has 152 valence electrons. The molecule has 5 nitrogen and oxygen atoms in total. The molecule has 2 aromatic rings. The molecule has 2 amide bonds. The zero-order valence-corrected chi connectivity index (χ0v) is 17.2. The van der Waals surface area contributed by atoms with Crippen LogP contribution in [0.1, 0.15) is 46.3 Å². The molecule has 0 saturated carbocycles. The number of ether oxygens (including phenoxy) is 1. The number of benzene rings is 2. The van der Waals surface area contributed by atoms with Crippen LogP contribution in [-0.2, 0) is 21.4 Å². The zero-order valence-electron chi connectivity index (χ0n) is 17.2. The van der Waals surface area contributed by atoms with Crippen molar-refractivity contribution in [2.24, 2.45) is 0 Å². The number of amides is 2. The van der Waals surface area contributed by atoms with Crippen LogP contribution in [0.3, 0.4) is 0 Å². The van der Waals surface area contributed by atoms with E-state index in [1.54, 1.807) is 11.9 Å². The van der Waals surface area contributed by atoms with Gasteiger partial charge >= 0.3 is 0 Å². The van der Waals surface area contributed by atoms with Gasteiger partial charge in [0.25, 0.3) is 5.91 Å². The number of anilines is 1. The summed E-state index contributed by atoms with van der Waals surface area (Å²) in [5, 5.41) is 3.19. The molecule has 2 aromatic carbocycles. The lowest BCUT2D eigenvalue weighted by molar-refractivity contribution is -0.118. The number of nitrogens with one attached hydrogen (secondary N) is 1. The van der Waals surface area contributed by atoms with Crippen molar-refractivity contribution in [3.8, 4) is 0 Å². The molecule has 2 aliphatic heterocycles. The van der Waals surface area contributed by atoms with Crippen LogP contribution in [0.4, 0.5) is 5.69 Å². The van der Waals surface area contributed by atoms with Gasteiger partial charge in [0.05, 0.1) is 0 Å². The van der Waals surface area contributed by atoms with Crippen molar-refractivity contribution < 1.29 is 14.3 Å². The second kappa shape index (κ2) is 7.99. The predicted octanol–water partition coefficient (Wildman–Crippen LogP) is 3.38. The number of aryl methyl sites for hydroxylation is 2. The van der Waals surface area contributed by atoms with Gasteiger partial charge in [0.1, 0.15) is 0 Å². The van der Waals surface area contributed by atoms with Crippen molar-refractivity contribution in [3.05, 3.63) is 64.7 Å². The van der Waals surface area contributed by atoms with Crippen molar-refractivity contribution in [3.63, 3.8) is 0 Å². The van der Waals surface area contributed by atoms with Crippen molar-refractivity contribution >= 4 is 17.5 Å². The molecule has 0 aromatic heterocycles. The number of hydrogen-bond acceptors (Lipinski definition) is 3. The molecule has 0 aliphatic carbocycles. The molecule has 4 rings (SSSR count). The Hall–Kier alpha value is -2.66. The molecule has 0 bridgehead atoms. The molecule has 0 spiro atoms. The summed E-state index contributed by atoms with van der Waals surface area (Å²) in [6, 6.07) is 14.1. The smallest absolute Gasteiger partial charge is 0.251 e. The Morgan fingerprint density at radius 1 is 1.14 bits per heavy atom. The van der Waals surface area contributed by atoms with E-state index in [-0.39, 0.29) is 17.2 Å². The second-order valence-corrected chi connectivity index (χ2v) is 8.19. The van der Waals surface area contributed by atoms with Crippen LogP contribution in [0.25, 0.3) is 0 Å². The Bertz CT molecular complexity index is 931. The number of fused-ring (bicyclic) bond motifs is 1. The third-order valence-electron chi connectivity index (χ3n) is 6.44. The van der Waals surface area contributed by atoms with Gasteiger partial charge in [-0.3, -0.25) is 9.59 Å². The van der Waals surface area contributed by atoms with Crippen LogP contribution in [0.5, 0.6) is 0 Å². The van der Waals surface area contributed by atoms with Crippen molar-refractivity contribution in [1.82, 2.24) is 5.32 Å². The maximum absolute atomic E-state index is 13.0. The summed E-state index contributed by atoms with van der Waals surface area (Å²) in [7, 11) is 1.79. The fourth-order valence-corrected chi connectivity index (χ4v) is 4.62. The highest BCUT2D eigenvalue weighted by molar-refractivity contribution is 5.99. The summed E-state index contributed by atoms with van der Waals surface area (Å²) in [4.78, 5) is 26.5. The van der Waals surface area contributed by atoms with E-state index in [1.165, 1.54) is 11.1 Å². The Labute approximate surface area is 172 Å².